The quantitative estimate of drug-likeness (QED) is 0.865. The molecule has 0 saturated carbocycles. The van der Waals surface area contributed by atoms with E-state index in [2.05, 4.69) is 22.0 Å². The van der Waals surface area contributed by atoms with Gasteiger partial charge in [-0.2, -0.15) is 0 Å². The van der Waals surface area contributed by atoms with E-state index in [0.29, 0.717) is 28.6 Å². The summed E-state index contributed by atoms with van der Waals surface area (Å²) in [6.07, 6.45) is 2.53. The maximum absolute atomic E-state index is 12.2. The molecule has 6 heteroatoms. The average Bonchev–Trinajstić information content (AvgIpc) is 2.51. The van der Waals surface area contributed by atoms with Gasteiger partial charge in [-0.15, -0.1) is 0 Å². The SMILES string of the molecule is COC(=O)c1ccc(Cl)c(NC(=O)CC2CCN(C)CC2)c1. The minimum atomic E-state index is -0.456. The first-order chi connectivity index (χ1) is 10.5. The molecule has 120 valence electrons. The normalized spacial score (nSPS) is 16.3. The molecule has 1 N–H and O–H groups in total. The molecule has 0 unspecified atom stereocenters. The zero-order chi connectivity index (χ0) is 16.1. The van der Waals surface area contributed by atoms with Crippen molar-refractivity contribution in [2.45, 2.75) is 19.3 Å². The van der Waals surface area contributed by atoms with Gasteiger partial charge in [0.2, 0.25) is 5.91 Å². The van der Waals surface area contributed by atoms with Gasteiger partial charge in [0.05, 0.1) is 23.4 Å². The molecule has 1 fully saturated rings. The Morgan fingerprint density at radius 3 is 2.68 bits per heavy atom. The molecule has 0 atom stereocenters. The number of nitrogens with zero attached hydrogens (tertiary/aromatic N) is 1. The molecule has 1 saturated heterocycles. The van der Waals surface area contributed by atoms with E-state index >= 15 is 0 Å². The predicted molar refractivity (Wildman–Crippen MR) is 86.3 cm³/mol. The summed E-state index contributed by atoms with van der Waals surface area (Å²) in [6.45, 7) is 2.05. The van der Waals surface area contributed by atoms with Crippen LogP contribution in [0, 0.1) is 5.92 Å². The van der Waals surface area contributed by atoms with Crippen LogP contribution >= 0.6 is 11.6 Å². The van der Waals surface area contributed by atoms with Crippen molar-refractivity contribution in [2.24, 2.45) is 5.92 Å². The van der Waals surface area contributed by atoms with Crippen LogP contribution in [0.25, 0.3) is 0 Å². The fraction of sp³-hybridized carbons (Fsp3) is 0.500. The van der Waals surface area contributed by atoms with Crippen LogP contribution in [0.3, 0.4) is 0 Å². The van der Waals surface area contributed by atoms with Gasteiger partial charge in [-0.1, -0.05) is 11.6 Å². The fourth-order valence-corrected chi connectivity index (χ4v) is 2.76. The zero-order valence-corrected chi connectivity index (χ0v) is 13.7. The molecule has 0 radical (unpaired) electrons. The molecule has 1 amide bonds. The van der Waals surface area contributed by atoms with Crippen LogP contribution in [0.5, 0.6) is 0 Å². The first kappa shape index (κ1) is 16.8. The molecule has 0 aliphatic carbocycles. The molecule has 5 nitrogen and oxygen atoms in total. The summed E-state index contributed by atoms with van der Waals surface area (Å²) in [5.74, 6) is -0.125. The largest absolute Gasteiger partial charge is 0.465 e. The molecule has 1 aliphatic heterocycles. The van der Waals surface area contributed by atoms with E-state index < -0.39 is 5.97 Å². The molecular formula is C16H21ClN2O3. The molecule has 22 heavy (non-hydrogen) atoms. The van der Waals surface area contributed by atoms with Crippen molar-refractivity contribution < 1.29 is 14.3 Å². The molecule has 1 aliphatic rings. The van der Waals surface area contributed by atoms with Crippen molar-refractivity contribution in [3.63, 3.8) is 0 Å². The highest BCUT2D eigenvalue weighted by molar-refractivity contribution is 6.33. The number of hydrogen-bond acceptors (Lipinski definition) is 4. The van der Waals surface area contributed by atoms with Gasteiger partial charge in [-0.3, -0.25) is 4.79 Å². The van der Waals surface area contributed by atoms with Crippen LogP contribution in [-0.4, -0.2) is 44.0 Å². The molecular weight excluding hydrogens is 304 g/mol. The number of carbonyl (C=O) groups excluding carboxylic acids is 2. The molecule has 0 aromatic heterocycles. The number of likely N-dealkylation sites (tertiary alicyclic amines) is 1. The first-order valence-electron chi connectivity index (χ1n) is 7.36. The summed E-state index contributed by atoms with van der Waals surface area (Å²) in [5, 5.41) is 3.20. The molecule has 0 spiro atoms. The van der Waals surface area contributed by atoms with Gasteiger partial charge in [0.1, 0.15) is 0 Å². The number of anilines is 1. The van der Waals surface area contributed by atoms with E-state index in [9.17, 15) is 9.59 Å². The number of benzene rings is 1. The minimum absolute atomic E-state index is 0.0709. The van der Waals surface area contributed by atoms with Crippen molar-refractivity contribution in [3.05, 3.63) is 28.8 Å². The topological polar surface area (TPSA) is 58.6 Å². The van der Waals surface area contributed by atoms with Gasteiger partial charge in [-0.25, -0.2) is 4.79 Å². The Hall–Kier alpha value is -1.59. The van der Waals surface area contributed by atoms with Crippen molar-refractivity contribution in [1.82, 2.24) is 4.90 Å². The van der Waals surface area contributed by atoms with Crippen LogP contribution in [0.15, 0.2) is 18.2 Å². The summed E-state index contributed by atoms with van der Waals surface area (Å²) in [6, 6.07) is 4.69. The maximum atomic E-state index is 12.2. The van der Waals surface area contributed by atoms with E-state index in [1.54, 1.807) is 18.2 Å². The standard InChI is InChI=1S/C16H21ClN2O3/c1-19-7-5-11(6-8-19)9-15(20)18-14-10-12(16(21)22-2)3-4-13(14)17/h3-4,10-11H,5-9H2,1-2H3,(H,18,20). The van der Waals surface area contributed by atoms with Crippen LogP contribution in [0.1, 0.15) is 29.6 Å². The number of carbonyl (C=O) groups is 2. The first-order valence-corrected chi connectivity index (χ1v) is 7.73. The minimum Gasteiger partial charge on any atom is -0.465 e. The summed E-state index contributed by atoms with van der Waals surface area (Å²) in [5.41, 5.74) is 0.809. The Bertz CT molecular complexity index is 554. The Morgan fingerprint density at radius 1 is 1.36 bits per heavy atom. The number of ether oxygens (including phenoxy) is 1. The molecule has 0 bridgehead atoms. The van der Waals surface area contributed by atoms with Crippen molar-refractivity contribution in [2.75, 3.05) is 32.6 Å². The lowest BCUT2D eigenvalue weighted by molar-refractivity contribution is -0.117. The number of nitrogens with one attached hydrogen (secondary N) is 1. The fourth-order valence-electron chi connectivity index (χ4n) is 2.60. The number of rotatable bonds is 4. The lowest BCUT2D eigenvalue weighted by Crippen LogP contribution is -2.31. The molecule has 1 aromatic carbocycles. The lowest BCUT2D eigenvalue weighted by atomic mass is 9.93. The number of hydrogen-bond donors (Lipinski definition) is 1. The summed E-state index contributed by atoms with van der Waals surface area (Å²) in [4.78, 5) is 26.0. The van der Waals surface area contributed by atoms with Gasteiger partial charge in [0.15, 0.2) is 0 Å². The molecule has 1 aromatic rings. The van der Waals surface area contributed by atoms with E-state index in [0.717, 1.165) is 25.9 Å². The van der Waals surface area contributed by atoms with E-state index in [4.69, 9.17) is 11.6 Å². The van der Waals surface area contributed by atoms with E-state index in [1.165, 1.54) is 7.11 Å². The van der Waals surface area contributed by atoms with E-state index in [-0.39, 0.29) is 5.91 Å². The second-order valence-electron chi connectivity index (χ2n) is 5.69. The Morgan fingerprint density at radius 2 is 2.05 bits per heavy atom. The van der Waals surface area contributed by atoms with E-state index in [1.807, 2.05) is 0 Å². The predicted octanol–water partition coefficient (Wildman–Crippen LogP) is 2.80. The second kappa shape index (κ2) is 7.61. The van der Waals surface area contributed by atoms with Crippen molar-refractivity contribution in [1.29, 1.82) is 0 Å². The smallest absolute Gasteiger partial charge is 0.337 e. The number of halogens is 1. The zero-order valence-electron chi connectivity index (χ0n) is 12.9. The lowest BCUT2D eigenvalue weighted by Gasteiger charge is -2.28. The number of amides is 1. The second-order valence-corrected chi connectivity index (χ2v) is 6.09. The third-order valence-corrected chi connectivity index (χ3v) is 4.30. The van der Waals surface area contributed by atoms with Crippen LogP contribution < -0.4 is 5.32 Å². The number of esters is 1. The Labute approximate surface area is 135 Å². The van der Waals surface area contributed by atoms with Gasteiger partial charge in [0, 0.05) is 6.42 Å². The van der Waals surface area contributed by atoms with Crippen LogP contribution in [0.4, 0.5) is 5.69 Å². The van der Waals surface area contributed by atoms with Crippen molar-refractivity contribution >= 4 is 29.2 Å². The summed E-state index contributed by atoms with van der Waals surface area (Å²) in [7, 11) is 3.41. The number of methoxy groups -OCH3 is 1. The third-order valence-electron chi connectivity index (χ3n) is 3.97. The summed E-state index contributed by atoms with van der Waals surface area (Å²) < 4.78 is 4.67. The van der Waals surface area contributed by atoms with Crippen LogP contribution in [-0.2, 0) is 9.53 Å². The highest BCUT2D eigenvalue weighted by Crippen LogP contribution is 2.25. The highest BCUT2D eigenvalue weighted by atomic mass is 35.5. The van der Waals surface area contributed by atoms with Gasteiger partial charge in [-0.05, 0) is 57.1 Å². The van der Waals surface area contributed by atoms with Gasteiger partial charge < -0.3 is 15.0 Å². The molecule has 2 rings (SSSR count). The summed E-state index contributed by atoms with van der Waals surface area (Å²) >= 11 is 6.08. The average molecular weight is 325 g/mol. The highest BCUT2D eigenvalue weighted by Gasteiger charge is 2.20. The third kappa shape index (κ3) is 4.45. The maximum Gasteiger partial charge on any atom is 0.337 e. The monoisotopic (exact) mass is 324 g/mol. The Balaban J connectivity index is 1.97. The Kier molecular flexibility index (Phi) is 5.80. The van der Waals surface area contributed by atoms with Crippen LogP contribution in [0.2, 0.25) is 5.02 Å². The number of piperidine rings is 1. The molecule has 1 heterocycles. The van der Waals surface area contributed by atoms with Gasteiger partial charge >= 0.3 is 5.97 Å². The van der Waals surface area contributed by atoms with Crippen molar-refractivity contribution in [3.8, 4) is 0 Å². The van der Waals surface area contributed by atoms with Gasteiger partial charge in [0.25, 0.3) is 0 Å².